The number of hydrogen-bond acceptors (Lipinski definition) is 3. The second-order valence-electron chi connectivity index (χ2n) is 2.53. The summed E-state index contributed by atoms with van der Waals surface area (Å²) in [5.41, 5.74) is -0.0321. The third-order valence-corrected chi connectivity index (χ3v) is 1.71. The number of para-hydroxylation sites is 1. The molecule has 13 heavy (non-hydrogen) atoms. The zero-order valence-electron chi connectivity index (χ0n) is 9.61. The SMILES string of the molecule is [2H]C([2H])([2H])Oc1cc(=O)c2ccccc2o1. The van der Waals surface area contributed by atoms with Gasteiger partial charge in [-0.15, -0.1) is 0 Å². The first-order chi connectivity index (χ1) is 7.46. The molecule has 0 unspecified atom stereocenters. The summed E-state index contributed by atoms with van der Waals surface area (Å²) in [6, 6.07) is 7.58. The summed E-state index contributed by atoms with van der Waals surface area (Å²) in [4.78, 5) is 11.6. The third-order valence-electron chi connectivity index (χ3n) is 1.71. The molecule has 0 radical (unpaired) electrons. The lowest BCUT2D eigenvalue weighted by Gasteiger charge is -1.99. The summed E-state index contributed by atoms with van der Waals surface area (Å²) in [6.45, 7) is 0. The third kappa shape index (κ3) is 1.28. The van der Waals surface area contributed by atoms with Gasteiger partial charge in [-0.25, -0.2) is 0 Å². The van der Waals surface area contributed by atoms with E-state index in [0.717, 1.165) is 6.07 Å². The Bertz CT molecular complexity index is 571. The van der Waals surface area contributed by atoms with E-state index >= 15 is 0 Å². The van der Waals surface area contributed by atoms with Crippen LogP contribution in [0.25, 0.3) is 11.0 Å². The van der Waals surface area contributed by atoms with Crippen LogP contribution < -0.4 is 10.2 Å². The van der Waals surface area contributed by atoms with E-state index in [2.05, 4.69) is 4.74 Å². The van der Waals surface area contributed by atoms with Gasteiger partial charge >= 0.3 is 0 Å². The molecule has 0 atom stereocenters. The molecule has 1 aromatic heterocycles. The van der Waals surface area contributed by atoms with E-state index in [4.69, 9.17) is 8.53 Å². The molecule has 0 bridgehead atoms. The van der Waals surface area contributed by atoms with E-state index < -0.39 is 7.04 Å². The maximum atomic E-state index is 11.6. The van der Waals surface area contributed by atoms with Crippen LogP contribution in [-0.4, -0.2) is 7.04 Å². The quantitative estimate of drug-likeness (QED) is 0.670. The van der Waals surface area contributed by atoms with Crippen molar-refractivity contribution in [2.75, 3.05) is 7.04 Å². The van der Waals surface area contributed by atoms with Crippen molar-refractivity contribution < 1.29 is 13.3 Å². The Morgan fingerprint density at radius 1 is 1.46 bits per heavy atom. The summed E-state index contributed by atoms with van der Waals surface area (Å²) in [5, 5.41) is 0.389. The number of rotatable bonds is 1. The van der Waals surface area contributed by atoms with Crippen LogP contribution in [-0.2, 0) is 0 Å². The van der Waals surface area contributed by atoms with Crippen LogP contribution in [0.4, 0.5) is 0 Å². The second-order valence-corrected chi connectivity index (χ2v) is 2.53. The minimum atomic E-state index is -2.63. The van der Waals surface area contributed by atoms with Crippen molar-refractivity contribution in [3.8, 4) is 5.95 Å². The molecule has 0 fully saturated rings. The Labute approximate surface area is 78.8 Å². The minimum Gasteiger partial charge on any atom is -0.468 e. The number of hydrogen-bond donors (Lipinski definition) is 0. The maximum Gasteiger partial charge on any atom is 0.288 e. The van der Waals surface area contributed by atoms with Crippen LogP contribution in [0.2, 0.25) is 0 Å². The van der Waals surface area contributed by atoms with Crippen molar-refractivity contribution in [1.29, 1.82) is 0 Å². The lowest BCUT2D eigenvalue weighted by molar-refractivity contribution is 0.310. The van der Waals surface area contributed by atoms with E-state index in [-0.39, 0.29) is 11.4 Å². The van der Waals surface area contributed by atoms with Crippen molar-refractivity contribution in [2.45, 2.75) is 0 Å². The van der Waals surface area contributed by atoms with Gasteiger partial charge in [0, 0.05) is 0 Å². The second kappa shape index (κ2) is 2.94. The summed E-state index contributed by atoms with van der Waals surface area (Å²) in [7, 11) is -2.63. The summed E-state index contributed by atoms with van der Waals surface area (Å²) < 4.78 is 30.4. The first kappa shape index (κ1) is 5.07. The van der Waals surface area contributed by atoms with Gasteiger partial charge < -0.3 is 9.15 Å². The topological polar surface area (TPSA) is 39.4 Å². The Hall–Kier alpha value is -1.77. The zero-order chi connectivity index (χ0) is 11.8. The van der Waals surface area contributed by atoms with Gasteiger partial charge in [-0.1, -0.05) is 12.1 Å². The Balaban J connectivity index is 2.54. The summed E-state index contributed by atoms with van der Waals surface area (Å²) in [5.74, 6) is -0.302. The molecule has 1 aromatic carbocycles. The van der Waals surface area contributed by atoms with Gasteiger partial charge in [0.15, 0.2) is 5.43 Å². The van der Waals surface area contributed by atoms with Gasteiger partial charge in [0.05, 0.1) is 22.6 Å². The van der Waals surface area contributed by atoms with Crippen molar-refractivity contribution in [1.82, 2.24) is 0 Å². The highest BCUT2D eigenvalue weighted by molar-refractivity contribution is 5.76. The smallest absolute Gasteiger partial charge is 0.288 e. The first-order valence-corrected chi connectivity index (χ1v) is 3.68. The zero-order valence-corrected chi connectivity index (χ0v) is 6.61. The molecule has 1 heterocycles. The van der Waals surface area contributed by atoms with E-state index in [9.17, 15) is 4.79 Å². The number of fused-ring (bicyclic) bond motifs is 1. The van der Waals surface area contributed by atoms with Gasteiger partial charge in [-0.05, 0) is 12.1 Å². The average Bonchev–Trinajstić information content (AvgIpc) is 2.15. The largest absolute Gasteiger partial charge is 0.468 e. The molecule has 2 rings (SSSR count). The molecule has 66 valence electrons. The Morgan fingerprint density at radius 2 is 2.31 bits per heavy atom. The molecule has 0 N–H and O–H groups in total. The average molecular weight is 179 g/mol. The molecule has 0 spiro atoms. The highest BCUT2D eigenvalue weighted by Crippen LogP contribution is 2.15. The van der Waals surface area contributed by atoms with Crippen molar-refractivity contribution in [3.63, 3.8) is 0 Å². The fourth-order valence-corrected chi connectivity index (χ4v) is 1.13. The molecular weight excluding hydrogens is 168 g/mol. The summed E-state index contributed by atoms with van der Waals surface area (Å²) in [6.07, 6.45) is 0. The standard InChI is InChI=1S/C10H8O3/c1-12-10-6-8(11)7-4-2-3-5-9(7)13-10/h2-6H,1H3/i1D3. The fourth-order valence-electron chi connectivity index (χ4n) is 1.13. The predicted molar refractivity (Wildman–Crippen MR) is 49.0 cm³/mol. The molecule has 0 aliphatic rings. The molecule has 3 nitrogen and oxygen atoms in total. The van der Waals surface area contributed by atoms with Gasteiger partial charge in [-0.3, -0.25) is 4.79 Å². The van der Waals surface area contributed by atoms with Crippen molar-refractivity contribution in [3.05, 3.63) is 40.6 Å². The molecule has 0 amide bonds. The van der Waals surface area contributed by atoms with Gasteiger partial charge in [-0.2, -0.15) is 0 Å². The molecule has 0 saturated carbocycles. The molecule has 0 aliphatic heterocycles. The van der Waals surface area contributed by atoms with E-state index in [1.54, 1.807) is 24.3 Å². The number of benzene rings is 1. The van der Waals surface area contributed by atoms with Crippen LogP contribution in [0.15, 0.2) is 39.5 Å². The van der Waals surface area contributed by atoms with E-state index in [1.807, 2.05) is 0 Å². The number of methoxy groups -OCH3 is 1. The Kier molecular flexibility index (Phi) is 1.14. The Morgan fingerprint density at radius 3 is 3.15 bits per heavy atom. The monoisotopic (exact) mass is 179 g/mol. The molecule has 0 saturated heterocycles. The van der Waals surface area contributed by atoms with E-state index in [0.29, 0.717) is 11.0 Å². The highest BCUT2D eigenvalue weighted by atomic mass is 16.6. The van der Waals surface area contributed by atoms with Crippen LogP contribution in [0.5, 0.6) is 5.95 Å². The lowest BCUT2D eigenvalue weighted by atomic mass is 10.2. The van der Waals surface area contributed by atoms with Crippen LogP contribution in [0, 0.1) is 0 Å². The molecule has 0 aliphatic carbocycles. The molecule has 3 heteroatoms. The maximum absolute atomic E-state index is 11.6. The number of ether oxygens (including phenoxy) is 1. The summed E-state index contributed by atoms with van der Waals surface area (Å²) >= 11 is 0. The normalized spacial score (nSPS) is 14.6. The minimum absolute atomic E-state index is 0.300. The highest BCUT2D eigenvalue weighted by Gasteiger charge is 2.02. The van der Waals surface area contributed by atoms with Crippen LogP contribution in [0.3, 0.4) is 0 Å². The first-order valence-electron chi connectivity index (χ1n) is 5.18. The lowest BCUT2D eigenvalue weighted by Crippen LogP contribution is -1.99. The van der Waals surface area contributed by atoms with Crippen LogP contribution >= 0.6 is 0 Å². The van der Waals surface area contributed by atoms with E-state index in [1.165, 1.54) is 0 Å². The fraction of sp³-hybridized carbons (Fsp3) is 0.100. The van der Waals surface area contributed by atoms with Crippen molar-refractivity contribution >= 4 is 11.0 Å². The predicted octanol–water partition coefficient (Wildman–Crippen LogP) is 1.80. The van der Waals surface area contributed by atoms with Crippen LogP contribution in [0.1, 0.15) is 4.11 Å². The van der Waals surface area contributed by atoms with Crippen molar-refractivity contribution in [2.24, 2.45) is 0 Å². The van der Waals surface area contributed by atoms with Gasteiger partial charge in [0.2, 0.25) is 0 Å². The molecular formula is C10H8O3. The molecule has 2 aromatic rings. The van der Waals surface area contributed by atoms with Gasteiger partial charge in [0.1, 0.15) is 5.58 Å². The van der Waals surface area contributed by atoms with Gasteiger partial charge in [0.25, 0.3) is 5.95 Å².